The highest BCUT2D eigenvalue weighted by atomic mass is 15.1. The molecule has 0 N–H and O–H groups in total. The van der Waals surface area contributed by atoms with E-state index in [-0.39, 0.29) is 6.71 Å². The molecule has 0 saturated carbocycles. The summed E-state index contributed by atoms with van der Waals surface area (Å²) in [6.45, 7) is -0.0332. The molecule has 0 fully saturated rings. The van der Waals surface area contributed by atoms with Crippen LogP contribution in [0, 0.1) is 0 Å². The highest BCUT2D eigenvalue weighted by Crippen LogP contribution is 2.54. The summed E-state index contributed by atoms with van der Waals surface area (Å²) in [6.07, 6.45) is 0. The predicted octanol–water partition coefficient (Wildman–Crippen LogP) is 16.0. The summed E-state index contributed by atoms with van der Waals surface area (Å²) in [5.74, 6) is 0. The summed E-state index contributed by atoms with van der Waals surface area (Å²) in [5.41, 5.74) is 25.7. The Morgan fingerprint density at radius 1 is 0.257 bits per heavy atom. The number of nitrogens with zero attached hydrogens (tertiary/aromatic N) is 3. The molecule has 0 radical (unpaired) electrons. The van der Waals surface area contributed by atoms with Crippen molar-refractivity contribution in [2.24, 2.45) is 0 Å². The van der Waals surface area contributed by atoms with Crippen LogP contribution in [0.1, 0.15) is 0 Å². The van der Waals surface area contributed by atoms with E-state index in [4.69, 9.17) is 0 Å². The lowest BCUT2D eigenvalue weighted by atomic mass is 9.34. The van der Waals surface area contributed by atoms with Gasteiger partial charge in [-0.25, -0.2) is 0 Å². The summed E-state index contributed by atoms with van der Waals surface area (Å²) >= 11 is 0. The Morgan fingerprint density at radius 2 is 0.716 bits per heavy atom. The van der Waals surface area contributed by atoms with Crippen LogP contribution in [0.3, 0.4) is 0 Å². The minimum Gasteiger partial charge on any atom is -0.310 e. The summed E-state index contributed by atoms with van der Waals surface area (Å²) in [7, 11) is 0. The third-order valence-electron chi connectivity index (χ3n) is 18.2. The van der Waals surface area contributed by atoms with Crippen molar-refractivity contribution in [3.05, 3.63) is 218 Å². The van der Waals surface area contributed by atoms with Crippen LogP contribution in [0.4, 0.5) is 0 Å². The molecule has 0 spiro atoms. The van der Waals surface area contributed by atoms with Crippen LogP contribution in [0.25, 0.3) is 170 Å². The van der Waals surface area contributed by atoms with Crippen molar-refractivity contribution in [1.82, 2.24) is 13.7 Å². The van der Waals surface area contributed by atoms with Crippen molar-refractivity contribution in [1.29, 1.82) is 0 Å². The Labute approximate surface area is 423 Å². The molecule has 0 bridgehead atoms. The van der Waals surface area contributed by atoms with E-state index in [1.807, 2.05) is 0 Å². The lowest BCUT2D eigenvalue weighted by molar-refractivity contribution is 1.11. The monoisotopic (exact) mass is 929 g/mol. The Morgan fingerprint density at radius 3 is 1.35 bits per heavy atom. The van der Waals surface area contributed by atoms with Gasteiger partial charge in [0.2, 0.25) is 0 Å². The molecule has 3 aromatic heterocycles. The number of hydrogen-bond acceptors (Lipinski definition) is 0. The Balaban J connectivity index is 1.04. The van der Waals surface area contributed by atoms with Crippen LogP contribution < -0.4 is 16.4 Å². The Bertz CT molecular complexity index is 5360. The van der Waals surface area contributed by atoms with Crippen LogP contribution in [0.2, 0.25) is 0 Å². The number of rotatable bonds is 1. The van der Waals surface area contributed by atoms with Crippen LogP contribution in [0.15, 0.2) is 218 Å². The molecule has 4 heteroatoms. The molecule has 334 valence electrons. The Hall–Kier alpha value is -9.64. The summed E-state index contributed by atoms with van der Waals surface area (Å²) in [4.78, 5) is 0. The van der Waals surface area contributed by atoms with Gasteiger partial charge in [0.15, 0.2) is 0 Å². The zero-order valence-corrected chi connectivity index (χ0v) is 39.7. The van der Waals surface area contributed by atoms with Crippen LogP contribution in [-0.2, 0) is 0 Å². The first kappa shape index (κ1) is 37.2. The van der Waals surface area contributed by atoms with E-state index in [0.717, 1.165) is 5.69 Å². The molecule has 20 rings (SSSR count). The minimum atomic E-state index is -0.0332. The van der Waals surface area contributed by atoms with E-state index >= 15 is 0 Å². The molecule has 4 aliphatic rings. The van der Waals surface area contributed by atoms with Crippen molar-refractivity contribution >= 4 is 132 Å². The highest BCUT2D eigenvalue weighted by Gasteiger charge is 2.44. The zero-order chi connectivity index (χ0) is 47.4. The van der Waals surface area contributed by atoms with Gasteiger partial charge in [0, 0.05) is 43.7 Å². The second-order valence-corrected chi connectivity index (χ2v) is 21.4. The smallest absolute Gasteiger partial charge is 0.252 e. The first-order valence-electron chi connectivity index (χ1n) is 26.0. The average molecular weight is 930 g/mol. The van der Waals surface area contributed by atoms with E-state index in [1.165, 1.54) is 181 Å². The van der Waals surface area contributed by atoms with Crippen LogP contribution in [0.5, 0.6) is 0 Å². The van der Waals surface area contributed by atoms with Crippen LogP contribution in [-0.4, -0.2) is 20.4 Å². The molecule has 0 amide bonds. The van der Waals surface area contributed by atoms with E-state index in [0.29, 0.717) is 0 Å². The van der Waals surface area contributed by atoms with Gasteiger partial charge >= 0.3 is 0 Å². The number of aromatic nitrogens is 3. The third kappa shape index (κ3) is 4.06. The van der Waals surface area contributed by atoms with Crippen molar-refractivity contribution in [3.8, 4) is 61.6 Å². The topological polar surface area (TPSA) is 14.8 Å². The van der Waals surface area contributed by atoms with E-state index < -0.39 is 0 Å². The summed E-state index contributed by atoms with van der Waals surface area (Å²) < 4.78 is 7.99. The molecule has 0 unspecified atom stereocenters. The largest absolute Gasteiger partial charge is 0.310 e. The lowest BCUT2D eigenvalue weighted by Crippen LogP contribution is -2.59. The maximum Gasteiger partial charge on any atom is 0.252 e. The van der Waals surface area contributed by atoms with Gasteiger partial charge < -0.3 is 13.7 Å². The molecule has 0 atom stereocenters. The molecule has 2 aliphatic heterocycles. The maximum absolute atomic E-state index is 2.70. The SMILES string of the molecule is c1ccc2c(c1)-c1cccc3ccc4c(c13)c1c-2ccc2c1n4-c1cc(-n3c4ccc5ccccc5c4c4c5ccccc5ccc43)cc3c1B2c1cc2cccc4c2c2c5c(cccc5n-3c12)-c1ccccc1-4. The summed E-state index contributed by atoms with van der Waals surface area (Å²) in [5, 5.41) is 18.3. The van der Waals surface area contributed by atoms with E-state index in [9.17, 15) is 0 Å². The molecule has 74 heavy (non-hydrogen) atoms. The quantitative estimate of drug-likeness (QED) is 0.146. The zero-order valence-electron chi connectivity index (χ0n) is 39.7. The van der Waals surface area contributed by atoms with Gasteiger partial charge in [0.1, 0.15) is 0 Å². The van der Waals surface area contributed by atoms with Crippen molar-refractivity contribution < 1.29 is 0 Å². The summed E-state index contributed by atoms with van der Waals surface area (Å²) in [6, 6.07) is 84.0. The molecule has 13 aromatic carbocycles. The van der Waals surface area contributed by atoms with Gasteiger partial charge in [-0.15, -0.1) is 0 Å². The second-order valence-electron chi connectivity index (χ2n) is 21.4. The van der Waals surface area contributed by atoms with Gasteiger partial charge in [-0.2, -0.15) is 0 Å². The number of hydrogen-bond donors (Lipinski definition) is 0. The normalized spacial score (nSPS) is 13.4. The van der Waals surface area contributed by atoms with Gasteiger partial charge in [-0.05, 0) is 140 Å². The molecular weight excluding hydrogens is 894 g/mol. The molecule has 16 aromatic rings. The van der Waals surface area contributed by atoms with Crippen molar-refractivity contribution in [2.45, 2.75) is 0 Å². The van der Waals surface area contributed by atoms with Gasteiger partial charge in [-0.3, -0.25) is 0 Å². The third-order valence-corrected chi connectivity index (χ3v) is 18.2. The van der Waals surface area contributed by atoms with Crippen molar-refractivity contribution in [3.63, 3.8) is 0 Å². The van der Waals surface area contributed by atoms with Crippen molar-refractivity contribution in [2.75, 3.05) is 0 Å². The molecule has 5 heterocycles. The maximum atomic E-state index is 2.70. The Kier molecular flexibility index (Phi) is 6.29. The lowest BCUT2D eigenvalue weighted by Gasteiger charge is -2.35. The predicted molar refractivity (Wildman–Crippen MR) is 313 cm³/mol. The van der Waals surface area contributed by atoms with Crippen LogP contribution >= 0.6 is 0 Å². The van der Waals surface area contributed by atoms with E-state index in [2.05, 4.69) is 232 Å². The number of benzene rings is 13. The second kappa shape index (κ2) is 12.5. The van der Waals surface area contributed by atoms with Gasteiger partial charge in [0.05, 0.1) is 38.8 Å². The molecule has 0 saturated heterocycles. The molecular formula is C70H36BN3. The van der Waals surface area contributed by atoms with E-state index in [1.54, 1.807) is 0 Å². The fourth-order valence-corrected chi connectivity index (χ4v) is 15.6. The number of fused-ring (bicyclic) bond motifs is 19. The van der Waals surface area contributed by atoms with Gasteiger partial charge in [0.25, 0.3) is 6.71 Å². The van der Waals surface area contributed by atoms with Gasteiger partial charge in [-0.1, -0.05) is 182 Å². The standard InChI is InChI=1S/C70H36BN3/c1-3-16-42-37(12-1)26-31-55-62(42)63-43-17-4-2-13-38(43)27-32-56(63)72(55)41-35-58-68-59(36-41)74-57-33-28-39-14-9-22-48-45-19-6-8-21-47(45)51-29-30-52(69(74)65(51)66(57)60(39)48)71(68)53-34-40-15-10-23-49-44-18-5-7-20-46(44)50-24-11-25-54-64(50)67(61(40)49)70(53)73(54)58/h1-36H. The fraction of sp³-hybridized carbons (Fsp3) is 0. The molecule has 3 nitrogen and oxygen atoms in total. The first-order valence-corrected chi connectivity index (χ1v) is 26.0. The first-order chi connectivity index (χ1) is 36.8. The minimum absolute atomic E-state index is 0.0332. The highest BCUT2D eigenvalue weighted by molar-refractivity contribution is 7.00. The average Bonchev–Trinajstić information content (AvgIpc) is 4.28. The molecule has 2 aliphatic carbocycles. The fourth-order valence-electron chi connectivity index (χ4n) is 15.6.